The van der Waals surface area contributed by atoms with Gasteiger partial charge in [0.2, 0.25) is 0 Å². The molecule has 0 spiro atoms. The Hall–Kier alpha value is -2.64. The zero-order valence-corrected chi connectivity index (χ0v) is 21.3. The number of benzene rings is 1. The number of anilines is 1. The van der Waals surface area contributed by atoms with Gasteiger partial charge in [0, 0.05) is 36.7 Å². The van der Waals surface area contributed by atoms with Crippen molar-refractivity contribution in [3.8, 4) is 0 Å². The van der Waals surface area contributed by atoms with Gasteiger partial charge in [0.15, 0.2) is 5.65 Å². The first-order valence-corrected chi connectivity index (χ1v) is 13.3. The average molecular weight is 496 g/mol. The van der Waals surface area contributed by atoms with Crippen LogP contribution >= 0.6 is 11.6 Å². The molecular weight excluding hydrogens is 462 g/mol. The van der Waals surface area contributed by atoms with Crippen LogP contribution in [0.1, 0.15) is 85.9 Å². The van der Waals surface area contributed by atoms with Gasteiger partial charge in [-0.25, -0.2) is 9.67 Å². The molecule has 1 unspecified atom stereocenters. The molecule has 1 aromatic carbocycles. The molecule has 0 radical (unpaired) electrons. The lowest BCUT2D eigenvalue weighted by atomic mass is 9.80. The van der Waals surface area contributed by atoms with Crippen LogP contribution in [-0.2, 0) is 11.3 Å². The highest BCUT2D eigenvalue weighted by Gasteiger charge is 2.32. The number of pyridine rings is 1. The van der Waals surface area contributed by atoms with Gasteiger partial charge in [0.25, 0.3) is 5.91 Å². The maximum Gasteiger partial charge on any atom is 0.255 e. The van der Waals surface area contributed by atoms with E-state index in [4.69, 9.17) is 21.3 Å². The Morgan fingerprint density at radius 3 is 2.54 bits per heavy atom. The molecule has 1 saturated heterocycles. The van der Waals surface area contributed by atoms with Crippen LogP contribution in [0.5, 0.6) is 0 Å². The van der Waals surface area contributed by atoms with E-state index >= 15 is 0 Å². The van der Waals surface area contributed by atoms with Crippen molar-refractivity contribution in [2.45, 2.75) is 76.9 Å². The van der Waals surface area contributed by atoms with Crippen molar-refractivity contribution in [1.82, 2.24) is 20.1 Å². The van der Waals surface area contributed by atoms with E-state index in [2.05, 4.69) is 29.6 Å². The predicted molar refractivity (Wildman–Crippen MR) is 139 cm³/mol. The van der Waals surface area contributed by atoms with Crippen molar-refractivity contribution in [3.63, 3.8) is 0 Å². The Morgan fingerprint density at radius 2 is 1.91 bits per heavy atom. The second-order valence-corrected chi connectivity index (χ2v) is 10.0. The molecule has 1 saturated carbocycles. The molecule has 2 fully saturated rings. The number of halogens is 1. The number of ether oxygens (including phenoxy) is 1. The van der Waals surface area contributed by atoms with Gasteiger partial charge >= 0.3 is 0 Å². The number of carbonyl (C=O) groups excluding carboxylic acids is 1. The lowest BCUT2D eigenvalue weighted by molar-refractivity contribution is 0.0903. The first-order chi connectivity index (χ1) is 17.1. The van der Waals surface area contributed by atoms with E-state index in [1.54, 1.807) is 0 Å². The third-order valence-electron chi connectivity index (χ3n) is 7.39. The van der Waals surface area contributed by atoms with Gasteiger partial charge in [-0.2, -0.15) is 5.10 Å². The molecule has 3 aromatic rings. The van der Waals surface area contributed by atoms with Crippen LogP contribution in [0.4, 0.5) is 5.69 Å². The van der Waals surface area contributed by atoms with Crippen LogP contribution in [0.25, 0.3) is 11.0 Å². The fourth-order valence-electron chi connectivity index (χ4n) is 5.09. The standard InChI is InChI=1S/C27H34ClN5O2/c1-3-22(17-8-10-19(28)11-9-17)31-27(34)23-24(18-6-5-7-18)32-26-21(16-29-33(26)4-2)25(23)30-20-12-14-35-15-13-20/h8-11,16,18,20,22H,3-7,12-15H2,1-2H3,(H,30,32)(H,31,34). The number of aromatic nitrogens is 3. The highest BCUT2D eigenvalue weighted by molar-refractivity contribution is 6.30. The molecule has 186 valence electrons. The summed E-state index contributed by atoms with van der Waals surface area (Å²) < 4.78 is 7.51. The molecule has 1 atom stereocenters. The summed E-state index contributed by atoms with van der Waals surface area (Å²) >= 11 is 6.10. The maximum atomic E-state index is 14.0. The third-order valence-corrected chi connectivity index (χ3v) is 7.64. The van der Waals surface area contributed by atoms with Crippen LogP contribution in [0.2, 0.25) is 5.02 Å². The summed E-state index contributed by atoms with van der Waals surface area (Å²) in [5.74, 6) is 0.216. The van der Waals surface area contributed by atoms with Gasteiger partial charge in [0.05, 0.1) is 34.6 Å². The molecule has 1 aliphatic carbocycles. The van der Waals surface area contributed by atoms with Crippen molar-refractivity contribution in [3.05, 3.63) is 52.3 Å². The third kappa shape index (κ3) is 4.89. The minimum absolute atomic E-state index is 0.0816. The molecule has 2 aromatic heterocycles. The minimum atomic E-state index is -0.112. The molecule has 1 aliphatic heterocycles. The van der Waals surface area contributed by atoms with E-state index in [1.165, 1.54) is 6.42 Å². The molecule has 8 heteroatoms. The SMILES string of the molecule is CCC(NC(=O)c1c(C2CCC2)nc2c(cnn2CC)c1NC1CCOCC1)c1ccc(Cl)cc1. The normalized spacial score (nSPS) is 17.8. The Bertz CT molecular complexity index is 1180. The maximum absolute atomic E-state index is 14.0. The van der Waals surface area contributed by atoms with Crippen molar-refractivity contribution in [2.24, 2.45) is 0 Å². The van der Waals surface area contributed by atoms with Gasteiger partial charge in [-0.05, 0) is 56.7 Å². The Morgan fingerprint density at radius 1 is 1.17 bits per heavy atom. The van der Waals surface area contributed by atoms with Crippen molar-refractivity contribution < 1.29 is 9.53 Å². The molecule has 5 rings (SSSR count). The van der Waals surface area contributed by atoms with Crippen molar-refractivity contribution in [1.29, 1.82) is 0 Å². The zero-order chi connectivity index (χ0) is 24.4. The fourth-order valence-corrected chi connectivity index (χ4v) is 5.21. The summed E-state index contributed by atoms with van der Waals surface area (Å²) in [4.78, 5) is 19.1. The molecule has 35 heavy (non-hydrogen) atoms. The van der Waals surface area contributed by atoms with Crippen LogP contribution < -0.4 is 10.6 Å². The summed E-state index contributed by atoms with van der Waals surface area (Å²) in [5, 5.41) is 13.2. The van der Waals surface area contributed by atoms with Crippen molar-refractivity contribution >= 4 is 34.2 Å². The molecule has 7 nitrogen and oxygen atoms in total. The number of nitrogens with one attached hydrogen (secondary N) is 2. The Balaban J connectivity index is 1.59. The molecule has 2 aliphatic rings. The Labute approximate surface area is 211 Å². The summed E-state index contributed by atoms with van der Waals surface area (Å²) in [5.41, 5.74) is 4.34. The number of carbonyl (C=O) groups is 1. The van der Waals surface area contributed by atoms with Crippen molar-refractivity contribution in [2.75, 3.05) is 18.5 Å². The number of rotatable bonds is 8. The second-order valence-electron chi connectivity index (χ2n) is 9.59. The van der Waals surface area contributed by atoms with E-state index in [9.17, 15) is 4.79 Å². The number of nitrogens with zero attached hydrogens (tertiary/aromatic N) is 3. The smallest absolute Gasteiger partial charge is 0.255 e. The van der Waals surface area contributed by atoms with Crippen LogP contribution in [0, 0.1) is 0 Å². The molecule has 2 N–H and O–H groups in total. The lowest BCUT2D eigenvalue weighted by Crippen LogP contribution is -2.33. The number of aryl methyl sites for hydroxylation is 1. The molecule has 1 amide bonds. The summed E-state index contributed by atoms with van der Waals surface area (Å²) in [6, 6.07) is 7.85. The van der Waals surface area contributed by atoms with E-state index < -0.39 is 0 Å². The summed E-state index contributed by atoms with van der Waals surface area (Å²) in [7, 11) is 0. The van der Waals surface area contributed by atoms with Gasteiger partial charge in [-0.15, -0.1) is 0 Å². The number of hydrogen-bond acceptors (Lipinski definition) is 5. The first-order valence-electron chi connectivity index (χ1n) is 12.9. The van der Waals surface area contributed by atoms with E-state index in [-0.39, 0.29) is 18.0 Å². The number of amides is 1. The number of fused-ring (bicyclic) bond motifs is 1. The topological polar surface area (TPSA) is 81.1 Å². The quantitative estimate of drug-likeness (QED) is 0.410. The average Bonchev–Trinajstić information content (AvgIpc) is 3.26. The molecule has 3 heterocycles. The minimum Gasteiger partial charge on any atom is -0.381 e. The van der Waals surface area contributed by atoms with E-state index in [0.717, 1.165) is 79.8 Å². The summed E-state index contributed by atoms with van der Waals surface area (Å²) in [6.07, 6.45) is 7.74. The van der Waals surface area contributed by atoms with Crippen LogP contribution in [0.3, 0.4) is 0 Å². The largest absolute Gasteiger partial charge is 0.381 e. The summed E-state index contributed by atoms with van der Waals surface area (Å²) in [6.45, 7) is 6.34. The highest BCUT2D eigenvalue weighted by atomic mass is 35.5. The monoisotopic (exact) mass is 495 g/mol. The number of hydrogen-bond donors (Lipinski definition) is 2. The highest BCUT2D eigenvalue weighted by Crippen LogP contribution is 2.41. The van der Waals surface area contributed by atoms with E-state index in [0.29, 0.717) is 16.5 Å². The molecular formula is C27H34ClN5O2. The first kappa shape index (κ1) is 24.1. The Kier molecular flexibility index (Phi) is 7.25. The van der Waals surface area contributed by atoms with E-state index in [1.807, 2.05) is 35.1 Å². The van der Waals surface area contributed by atoms with Crippen LogP contribution in [0.15, 0.2) is 30.5 Å². The van der Waals surface area contributed by atoms with Gasteiger partial charge in [0.1, 0.15) is 0 Å². The predicted octanol–water partition coefficient (Wildman–Crippen LogP) is 5.84. The van der Waals surface area contributed by atoms with Gasteiger partial charge < -0.3 is 15.4 Å². The lowest BCUT2D eigenvalue weighted by Gasteiger charge is -2.31. The molecule has 0 bridgehead atoms. The fraction of sp³-hybridized carbons (Fsp3) is 0.519. The van der Waals surface area contributed by atoms with Crippen LogP contribution in [-0.4, -0.2) is 39.9 Å². The van der Waals surface area contributed by atoms with Gasteiger partial charge in [-0.3, -0.25) is 4.79 Å². The zero-order valence-electron chi connectivity index (χ0n) is 20.5. The van der Waals surface area contributed by atoms with Gasteiger partial charge in [-0.1, -0.05) is 37.1 Å². The second kappa shape index (κ2) is 10.5.